The van der Waals surface area contributed by atoms with E-state index in [0.717, 1.165) is 18.9 Å². The highest BCUT2D eigenvalue weighted by Crippen LogP contribution is 2.41. The molecule has 0 spiro atoms. The molecule has 1 N–H and O–H groups in total. The number of anilines is 2. The number of hydrogen-bond acceptors (Lipinski definition) is 9. The lowest BCUT2D eigenvalue weighted by atomic mass is 9.85. The van der Waals surface area contributed by atoms with Gasteiger partial charge in [-0.25, -0.2) is 9.50 Å². The quantitative estimate of drug-likeness (QED) is 0.521. The first-order valence-corrected chi connectivity index (χ1v) is 10.7. The van der Waals surface area contributed by atoms with E-state index in [0.29, 0.717) is 24.4 Å². The molecule has 34 heavy (non-hydrogen) atoms. The Hall–Kier alpha value is -3.99. The van der Waals surface area contributed by atoms with Crippen molar-refractivity contribution in [3.63, 3.8) is 0 Å². The van der Waals surface area contributed by atoms with Gasteiger partial charge in [-0.15, -0.1) is 5.10 Å². The van der Waals surface area contributed by atoms with Crippen LogP contribution in [0.2, 0.25) is 0 Å². The van der Waals surface area contributed by atoms with Gasteiger partial charge in [-0.1, -0.05) is 26.8 Å². The van der Waals surface area contributed by atoms with Crippen molar-refractivity contribution in [1.82, 2.24) is 14.6 Å². The summed E-state index contributed by atoms with van der Waals surface area (Å²) in [4.78, 5) is 41.9. The standard InChI is InChI=1S/C23H25N5O6/c1-23(2,3)16-5-4-15(20(33-13-29)21(16)34-14-30)22(31)25-17-12-28-18(24-17)6-7-19(26-28)27-8-10-32-11-9-27/h4-7,12-14H,8-11H2,1-3H3,(H,25,31). The number of hydrogen-bond donors (Lipinski definition) is 1. The molecule has 0 bridgehead atoms. The number of morpholine rings is 1. The second-order valence-corrected chi connectivity index (χ2v) is 8.67. The topological polar surface area (TPSA) is 124 Å². The molecule has 1 aliphatic heterocycles. The van der Waals surface area contributed by atoms with Gasteiger partial charge in [0.05, 0.1) is 25.0 Å². The summed E-state index contributed by atoms with van der Waals surface area (Å²) >= 11 is 0. The van der Waals surface area contributed by atoms with Crippen LogP contribution in [0.25, 0.3) is 5.65 Å². The average Bonchev–Trinajstić information content (AvgIpc) is 3.21. The number of nitrogens with zero attached hydrogens (tertiary/aromatic N) is 4. The highest BCUT2D eigenvalue weighted by molar-refractivity contribution is 6.07. The molecule has 1 aromatic carbocycles. The van der Waals surface area contributed by atoms with Gasteiger partial charge in [-0.05, 0) is 23.6 Å². The number of imidazole rings is 1. The van der Waals surface area contributed by atoms with Crippen LogP contribution in [0.4, 0.5) is 11.6 Å². The number of aromatic nitrogens is 3. The van der Waals surface area contributed by atoms with Crippen LogP contribution in [0, 0.1) is 0 Å². The van der Waals surface area contributed by atoms with Crippen LogP contribution in [0.15, 0.2) is 30.5 Å². The zero-order valence-corrected chi connectivity index (χ0v) is 19.1. The number of carbonyl (C=O) groups excluding carboxylic acids is 3. The zero-order valence-electron chi connectivity index (χ0n) is 19.1. The minimum atomic E-state index is -0.593. The molecule has 3 aromatic rings. The maximum absolute atomic E-state index is 13.1. The van der Waals surface area contributed by atoms with Crippen molar-refractivity contribution in [2.24, 2.45) is 0 Å². The second-order valence-electron chi connectivity index (χ2n) is 8.67. The van der Waals surface area contributed by atoms with Crippen LogP contribution in [-0.4, -0.2) is 59.8 Å². The van der Waals surface area contributed by atoms with E-state index in [2.05, 4.69) is 20.3 Å². The number of benzene rings is 1. The first kappa shape index (κ1) is 23.2. The van der Waals surface area contributed by atoms with Crippen molar-refractivity contribution >= 4 is 36.1 Å². The maximum Gasteiger partial charge on any atom is 0.298 e. The first-order chi connectivity index (χ1) is 16.3. The predicted octanol–water partition coefficient (Wildman–Crippen LogP) is 2.19. The van der Waals surface area contributed by atoms with Crippen molar-refractivity contribution in [3.8, 4) is 11.5 Å². The summed E-state index contributed by atoms with van der Waals surface area (Å²) in [6.07, 6.45) is 1.59. The number of carbonyl (C=O) groups is 3. The Bertz CT molecular complexity index is 1230. The normalized spacial score (nSPS) is 14.0. The number of nitrogens with one attached hydrogen (secondary N) is 1. The van der Waals surface area contributed by atoms with E-state index < -0.39 is 11.3 Å². The number of fused-ring (bicyclic) bond motifs is 1. The Balaban J connectivity index is 1.64. The zero-order chi connectivity index (χ0) is 24.3. The van der Waals surface area contributed by atoms with Crippen molar-refractivity contribution in [1.29, 1.82) is 0 Å². The highest BCUT2D eigenvalue weighted by atomic mass is 16.6. The summed E-state index contributed by atoms with van der Waals surface area (Å²) in [5.74, 6) is 0.301. The van der Waals surface area contributed by atoms with Gasteiger partial charge >= 0.3 is 0 Å². The van der Waals surface area contributed by atoms with E-state index in [1.807, 2.05) is 32.9 Å². The molecule has 0 unspecified atom stereocenters. The minimum absolute atomic E-state index is 0.00840. The summed E-state index contributed by atoms with van der Waals surface area (Å²) in [7, 11) is 0. The first-order valence-electron chi connectivity index (χ1n) is 10.7. The third-order valence-corrected chi connectivity index (χ3v) is 5.38. The van der Waals surface area contributed by atoms with E-state index in [-0.39, 0.29) is 35.8 Å². The molecule has 11 heteroatoms. The molecule has 1 amide bonds. The van der Waals surface area contributed by atoms with Gasteiger partial charge in [0.2, 0.25) is 0 Å². The van der Waals surface area contributed by atoms with Gasteiger partial charge in [0, 0.05) is 18.7 Å². The maximum atomic E-state index is 13.1. The van der Waals surface area contributed by atoms with E-state index in [1.54, 1.807) is 16.8 Å². The molecule has 3 heterocycles. The molecule has 1 aliphatic rings. The molecular formula is C23H25N5O6. The molecule has 11 nitrogen and oxygen atoms in total. The van der Waals surface area contributed by atoms with Crippen LogP contribution < -0.4 is 19.7 Å². The lowest BCUT2D eigenvalue weighted by Crippen LogP contribution is -2.36. The summed E-state index contributed by atoms with van der Waals surface area (Å²) in [6, 6.07) is 6.84. The SMILES string of the molecule is CC(C)(C)c1ccc(C(=O)Nc2cn3nc(N4CCOCC4)ccc3n2)c(OC=O)c1OC=O. The Labute approximate surface area is 195 Å². The van der Waals surface area contributed by atoms with Gasteiger partial charge < -0.3 is 24.4 Å². The van der Waals surface area contributed by atoms with Gasteiger partial charge in [-0.3, -0.25) is 14.4 Å². The molecule has 4 rings (SSSR count). The number of ether oxygens (including phenoxy) is 3. The summed E-state index contributed by atoms with van der Waals surface area (Å²) < 4.78 is 17.2. The molecule has 2 aromatic heterocycles. The third kappa shape index (κ3) is 4.69. The molecular weight excluding hydrogens is 442 g/mol. The number of rotatable bonds is 7. The average molecular weight is 467 g/mol. The molecule has 0 atom stereocenters. The van der Waals surface area contributed by atoms with Gasteiger partial charge in [0.15, 0.2) is 23.0 Å². The van der Waals surface area contributed by atoms with Crippen molar-refractivity contribution in [2.75, 3.05) is 36.5 Å². The van der Waals surface area contributed by atoms with Crippen molar-refractivity contribution in [3.05, 3.63) is 41.6 Å². The van der Waals surface area contributed by atoms with E-state index in [9.17, 15) is 14.4 Å². The minimum Gasteiger partial charge on any atom is -0.424 e. The van der Waals surface area contributed by atoms with E-state index >= 15 is 0 Å². The van der Waals surface area contributed by atoms with Gasteiger partial charge in [0.1, 0.15) is 5.82 Å². The molecule has 178 valence electrons. The van der Waals surface area contributed by atoms with Crippen molar-refractivity contribution in [2.45, 2.75) is 26.2 Å². The molecule has 0 aliphatic carbocycles. The lowest BCUT2D eigenvalue weighted by molar-refractivity contribution is -0.123. The Morgan fingerprint density at radius 2 is 1.76 bits per heavy atom. The van der Waals surface area contributed by atoms with Crippen LogP contribution in [-0.2, 0) is 19.7 Å². The Morgan fingerprint density at radius 3 is 2.44 bits per heavy atom. The van der Waals surface area contributed by atoms with Crippen LogP contribution in [0.1, 0.15) is 36.7 Å². The third-order valence-electron chi connectivity index (χ3n) is 5.38. The van der Waals surface area contributed by atoms with E-state index in [4.69, 9.17) is 14.2 Å². The summed E-state index contributed by atoms with van der Waals surface area (Å²) in [5.41, 5.74) is 0.709. The van der Waals surface area contributed by atoms with Crippen molar-refractivity contribution < 1.29 is 28.6 Å². The largest absolute Gasteiger partial charge is 0.424 e. The lowest BCUT2D eigenvalue weighted by Gasteiger charge is -2.27. The molecule has 0 radical (unpaired) electrons. The summed E-state index contributed by atoms with van der Waals surface area (Å²) in [5, 5.41) is 7.26. The predicted molar refractivity (Wildman–Crippen MR) is 122 cm³/mol. The monoisotopic (exact) mass is 467 g/mol. The van der Waals surface area contributed by atoms with Crippen LogP contribution in [0.3, 0.4) is 0 Å². The fraction of sp³-hybridized carbons (Fsp3) is 0.348. The Kier molecular flexibility index (Phi) is 6.46. The van der Waals surface area contributed by atoms with E-state index in [1.165, 1.54) is 6.07 Å². The molecule has 0 saturated carbocycles. The van der Waals surface area contributed by atoms with Crippen LogP contribution >= 0.6 is 0 Å². The van der Waals surface area contributed by atoms with Gasteiger partial charge in [-0.2, -0.15) is 0 Å². The van der Waals surface area contributed by atoms with Crippen LogP contribution in [0.5, 0.6) is 11.5 Å². The fourth-order valence-electron chi connectivity index (χ4n) is 3.74. The number of amides is 1. The second kappa shape index (κ2) is 9.48. The molecule has 1 saturated heterocycles. The Morgan fingerprint density at radius 1 is 1.06 bits per heavy atom. The fourth-order valence-corrected chi connectivity index (χ4v) is 3.74. The summed E-state index contributed by atoms with van der Waals surface area (Å²) in [6.45, 7) is 8.87. The highest BCUT2D eigenvalue weighted by Gasteiger charge is 2.27. The smallest absolute Gasteiger partial charge is 0.298 e. The molecule has 1 fully saturated rings. The van der Waals surface area contributed by atoms with Gasteiger partial charge in [0.25, 0.3) is 18.9 Å².